The number of carbonyl (C=O) groups is 1. The van der Waals surface area contributed by atoms with E-state index >= 15 is 0 Å². The lowest BCUT2D eigenvalue weighted by Crippen LogP contribution is -2.43. The van der Waals surface area contributed by atoms with E-state index in [9.17, 15) is 9.90 Å². The summed E-state index contributed by atoms with van der Waals surface area (Å²) >= 11 is 0. The SMILES string of the molecule is CC(c1ccc(-c2cnc(N)c(C(=O)N[C@@H]3CC[C@@H](CO)OC3)c2)cc1)N1CCCC1. The van der Waals surface area contributed by atoms with Gasteiger partial charge >= 0.3 is 0 Å². The molecule has 3 heterocycles. The van der Waals surface area contributed by atoms with Crippen LogP contribution in [0.5, 0.6) is 0 Å². The monoisotopic (exact) mass is 424 g/mol. The molecule has 1 aromatic carbocycles. The minimum absolute atomic E-state index is 0.00911. The molecule has 1 unspecified atom stereocenters. The Balaban J connectivity index is 1.45. The van der Waals surface area contributed by atoms with E-state index in [-0.39, 0.29) is 30.5 Å². The molecule has 1 amide bonds. The molecular weight excluding hydrogens is 392 g/mol. The number of benzene rings is 1. The van der Waals surface area contributed by atoms with E-state index in [4.69, 9.17) is 10.5 Å². The molecule has 0 aliphatic carbocycles. The van der Waals surface area contributed by atoms with Crippen molar-refractivity contribution < 1.29 is 14.6 Å². The highest BCUT2D eigenvalue weighted by Crippen LogP contribution is 2.28. The fraction of sp³-hybridized carbons (Fsp3) is 0.500. The molecule has 4 rings (SSSR count). The fourth-order valence-corrected chi connectivity index (χ4v) is 4.44. The summed E-state index contributed by atoms with van der Waals surface area (Å²) in [5, 5.41) is 12.2. The highest BCUT2D eigenvalue weighted by atomic mass is 16.5. The maximum absolute atomic E-state index is 12.8. The topological polar surface area (TPSA) is 101 Å². The largest absolute Gasteiger partial charge is 0.394 e. The number of aliphatic hydroxyl groups is 1. The highest BCUT2D eigenvalue weighted by molar-refractivity contribution is 5.99. The summed E-state index contributed by atoms with van der Waals surface area (Å²) in [4.78, 5) is 19.6. The Labute approximate surface area is 183 Å². The molecule has 2 saturated heterocycles. The molecule has 0 spiro atoms. The lowest BCUT2D eigenvalue weighted by atomic mass is 10.0. The Hall–Kier alpha value is -2.48. The van der Waals surface area contributed by atoms with Crippen molar-refractivity contribution in [2.45, 2.75) is 50.8 Å². The van der Waals surface area contributed by atoms with Crippen LogP contribution in [0.3, 0.4) is 0 Å². The van der Waals surface area contributed by atoms with Gasteiger partial charge in [-0.2, -0.15) is 0 Å². The van der Waals surface area contributed by atoms with Crippen LogP contribution in [0, 0.1) is 0 Å². The molecular formula is C24H32N4O3. The maximum atomic E-state index is 12.8. The van der Waals surface area contributed by atoms with Crippen LogP contribution in [0.4, 0.5) is 5.82 Å². The number of ether oxygens (including phenoxy) is 1. The average Bonchev–Trinajstić information content (AvgIpc) is 3.34. The Morgan fingerprint density at radius 3 is 2.65 bits per heavy atom. The predicted octanol–water partition coefficient (Wildman–Crippen LogP) is 2.76. The minimum Gasteiger partial charge on any atom is -0.394 e. The Kier molecular flexibility index (Phi) is 6.85. The molecule has 0 saturated carbocycles. The van der Waals surface area contributed by atoms with Crippen molar-refractivity contribution >= 4 is 11.7 Å². The Morgan fingerprint density at radius 1 is 1.26 bits per heavy atom. The van der Waals surface area contributed by atoms with Gasteiger partial charge in [-0.1, -0.05) is 24.3 Å². The molecule has 3 atom stereocenters. The van der Waals surface area contributed by atoms with Gasteiger partial charge in [-0.15, -0.1) is 0 Å². The third kappa shape index (κ3) is 5.06. The number of nitrogens with two attached hydrogens (primary N) is 1. The number of nitrogen functional groups attached to an aromatic ring is 1. The van der Waals surface area contributed by atoms with Crippen LogP contribution in [0.1, 0.15) is 54.6 Å². The number of aliphatic hydroxyl groups excluding tert-OH is 1. The van der Waals surface area contributed by atoms with E-state index < -0.39 is 0 Å². The molecule has 166 valence electrons. The van der Waals surface area contributed by atoms with Crippen LogP contribution in [0.2, 0.25) is 0 Å². The van der Waals surface area contributed by atoms with Crippen molar-refractivity contribution in [1.82, 2.24) is 15.2 Å². The summed E-state index contributed by atoms with van der Waals surface area (Å²) in [7, 11) is 0. The zero-order valence-corrected chi connectivity index (χ0v) is 18.1. The number of nitrogens with one attached hydrogen (secondary N) is 1. The summed E-state index contributed by atoms with van der Waals surface area (Å²) in [6.45, 7) is 4.98. The average molecular weight is 425 g/mol. The molecule has 31 heavy (non-hydrogen) atoms. The third-order valence-corrected chi connectivity index (χ3v) is 6.49. The van der Waals surface area contributed by atoms with Crippen LogP contribution >= 0.6 is 0 Å². The van der Waals surface area contributed by atoms with Crippen molar-refractivity contribution in [3.63, 3.8) is 0 Å². The summed E-state index contributed by atoms with van der Waals surface area (Å²) in [5.41, 5.74) is 9.54. The van der Waals surface area contributed by atoms with Gasteiger partial charge in [0.2, 0.25) is 0 Å². The number of amides is 1. The smallest absolute Gasteiger partial charge is 0.255 e. The van der Waals surface area contributed by atoms with Gasteiger partial charge < -0.3 is 20.9 Å². The number of carbonyl (C=O) groups excluding carboxylic acids is 1. The van der Waals surface area contributed by atoms with Crippen LogP contribution in [-0.2, 0) is 4.74 Å². The first-order valence-corrected chi connectivity index (χ1v) is 11.2. The van der Waals surface area contributed by atoms with Crippen molar-refractivity contribution in [3.8, 4) is 11.1 Å². The second kappa shape index (κ2) is 9.77. The van der Waals surface area contributed by atoms with Crippen molar-refractivity contribution in [2.75, 3.05) is 32.0 Å². The summed E-state index contributed by atoms with van der Waals surface area (Å²) in [5.74, 6) is -0.0346. The molecule has 2 aliphatic heterocycles. The van der Waals surface area contributed by atoms with Gasteiger partial charge in [-0.25, -0.2) is 4.98 Å². The number of likely N-dealkylation sites (tertiary alicyclic amines) is 1. The number of hydrogen-bond donors (Lipinski definition) is 3. The van der Waals surface area contributed by atoms with E-state index in [1.54, 1.807) is 12.3 Å². The second-order valence-corrected chi connectivity index (χ2v) is 8.58. The summed E-state index contributed by atoms with van der Waals surface area (Å²) < 4.78 is 5.55. The fourth-order valence-electron chi connectivity index (χ4n) is 4.44. The van der Waals surface area contributed by atoms with Crippen molar-refractivity contribution in [1.29, 1.82) is 0 Å². The van der Waals surface area contributed by atoms with Crippen molar-refractivity contribution in [3.05, 3.63) is 47.7 Å². The number of aromatic nitrogens is 1. The number of rotatable bonds is 6. The summed E-state index contributed by atoms with van der Waals surface area (Å²) in [6.07, 6.45) is 5.61. The number of nitrogens with zero attached hydrogens (tertiary/aromatic N) is 2. The normalized spacial score (nSPS) is 22.9. The van der Waals surface area contributed by atoms with E-state index in [0.29, 0.717) is 18.2 Å². The Bertz CT molecular complexity index is 888. The zero-order valence-electron chi connectivity index (χ0n) is 18.1. The van der Waals surface area contributed by atoms with Gasteiger partial charge in [0.1, 0.15) is 5.82 Å². The minimum atomic E-state index is -0.248. The highest BCUT2D eigenvalue weighted by Gasteiger charge is 2.24. The third-order valence-electron chi connectivity index (χ3n) is 6.49. The first-order valence-electron chi connectivity index (χ1n) is 11.2. The van der Waals surface area contributed by atoms with Crippen LogP contribution in [-0.4, -0.2) is 59.3 Å². The van der Waals surface area contributed by atoms with Gasteiger partial charge in [-0.3, -0.25) is 9.69 Å². The van der Waals surface area contributed by atoms with E-state index in [1.165, 1.54) is 18.4 Å². The Morgan fingerprint density at radius 2 is 2.00 bits per heavy atom. The van der Waals surface area contributed by atoms with E-state index in [2.05, 4.69) is 46.4 Å². The summed E-state index contributed by atoms with van der Waals surface area (Å²) in [6, 6.07) is 10.6. The first-order chi connectivity index (χ1) is 15.0. The first kappa shape index (κ1) is 21.7. The lowest BCUT2D eigenvalue weighted by Gasteiger charge is -2.28. The molecule has 0 bridgehead atoms. The number of hydrogen-bond acceptors (Lipinski definition) is 6. The second-order valence-electron chi connectivity index (χ2n) is 8.58. The number of anilines is 1. The molecule has 4 N–H and O–H groups in total. The molecule has 7 nitrogen and oxygen atoms in total. The molecule has 2 fully saturated rings. The van der Waals surface area contributed by atoms with Crippen LogP contribution in [0.15, 0.2) is 36.5 Å². The van der Waals surface area contributed by atoms with Crippen molar-refractivity contribution in [2.24, 2.45) is 0 Å². The molecule has 0 radical (unpaired) electrons. The molecule has 7 heteroatoms. The van der Waals surface area contributed by atoms with Gasteiger partial charge in [-0.05, 0) is 62.9 Å². The van der Waals surface area contributed by atoms with Gasteiger partial charge in [0.15, 0.2) is 0 Å². The van der Waals surface area contributed by atoms with E-state index in [1.807, 2.05) is 0 Å². The number of pyridine rings is 1. The van der Waals surface area contributed by atoms with Gasteiger partial charge in [0.05, 0.1) is 30.9 Å². The maximum Gasteiger partial charge on any atom is 0.255 e. The predicted molar refractivity (Wildman–Crippen MR) is 121 cm³/mol. The van der Waals surface area contributed by atoms with E-state index in [0.717, 1.165) is 37.1 Å². The standard InChI is InChI=1S/C24H32N4O3/c1-16(28-10-2-3-11-28)17-4-6-18(7-5-17)19-12-22(23(25)26-13-19)24(30)27-20-8-9-21(14-29)31-15-20/h4-7,12-13,16,20-21,29H,2-3,8-11,14-15H2,1H3,(H2,25,26)(H,27,30)/t16?,20-,21+/m1/s1. The van der Waals surface area contributed by atoms with Gasteiger partial charge in [0, 0.05) is 17.8 Å². The van der Waals surface area contributed by atoms with Crippen LogP contribution < -0.4 is 11.1 Å². The quantitative estimate of drug-likeness (QED) is 0.659. The lowest BCUT2D eigenvalue weighted by molar-refractivity contribution is -0.0305. The zero-order chi connectivity index (χ0) is 21.8. The van der Waals surface area contributed by atoms with Gasteiger partial charge in [0.25, 0.3) is 5.91 Å². The molecule has 1 aromatic heterocycles. The van der Waals surface area contributed by atoms with Crippen LogP contribution in [0.25, 0.3) is 11.1 Å². The molecule has 2 aromatic rings. The molecule has 2 aliphatic rings.